The Balaban J connectivity index is 0.000000650. The van der Waals surface area contributed by atoms with Crippen LogP contribution in [0, 0.1) is 37.5 Å². The van der Waals surface area contributed by atoms with Gasteiger partial charge in [0.1, 0.15) is 12.2 Å². The smallest absolute Gasteiger partial charge is 0.359 e. The maximum absolute atomic E-state index is 13.3. The van der Waals surface area contributed by atoms with Gasteiger partial charge in [-0.3, -0.25) is 9.78 Å². The minimum atomic E-state index is -1.99. The van der Waals surface area contributed by atoms with Gasteiger partial charge >= 0.3 is 23.9 Å². The van der Waals surface area contributed by atoms with Crippen LogP contribution < -0.4 is 0 Å². The van der Waals surface area contributed by atoms with Crippen LogP contribution in [-0.2, 0) is 38.1 Å². The number of aliphatic hydroxyl groups is 1. The molecule has 210 valence electrons. The summed E-state index contributed by atoms with van der Waals surface area (Å²) in [6.45, 7) is 11.6. The Labute approximate surface area is 224 Å². The topological polar surface area (TPSA) is 160 Å². The first-order valence-electron chi connectivity index (χ1n) is 13.3. The van der Waals surface area contributed by atoms with Crippen LogP contribution in [-0.4, -0.2) is 74.8 Å². The molecule has 0 radical (unpaired) electrons. The van der Waals surface area contributed by atoms with Crippen molar-refractivity contribution in [2.75, 3.05) is 0 Å². The van der Waals surface area contributed by atoms with Gasteiger partial charge in [-0.2, -0.15) is 0 Å². The van der Waals surface area contributed by atoms with E-state index >= 15 is 0 Å². The first-order valence-corrected chi connectivity index (χ1v) is 13.3. The number of aryl methyl sites for hydroxylation is 3. The highest BCUT2D eigenvalue weighted by atomic mass is 16.8. The summed E-state index contributed by atoms with van der Waals surface area (Å²) in [6.07, 6.45) is -4.30. The average molecular weight is 545 g/mol. The van der Waals surface area contributed by atoms with Crippen LogP contribution in [0.25, 0.3) is 0 Å². The predicted octanol–water partition coefficient (Wildman–Crippen LogP) is 1.38. The fourth-order valence-electron chi connectivity index (χ4n) is 7.83. The number of carbonyl (C=O) groups is 4. The number of fused-ring (bicyclic) bond motifs is 1. The summed E-state index contributed by atoms with van der Waals surface area (Å²) in [5.41, 5.74) is -5.07. The molecule has 2 saturated carbocycles. The van der Waals surface area contributed by atoms with E-state index in [1.165, 1.54) is 0 Å². The lowest BCUT2D eigenvalue weighted by molar-refractivity contribution is -0.230. The van der Waals surface area contributed by atoms with Gasteiger partial charge in [-0.25, -0.2) is 19.4 Å². The Hall–Kier alpha value is -3.12. The average Bonchev–Trinajstić information content (AvgIpc) is 3.55. The zero-order valence-corrected chi connectivity index (χ0v) is 22.7. The van der Waals surface area contributed by atoms with Crippen molar-refractivity contribution < 1.29 is 48.0 Å². The minimum absolute atomic E-state index is 0.00924. The second-order valence-electron chi connectivity index (χ2n) is 12.1. The van der Waals surface area contributed by atoms with E-state index < -0.39 is 76.9 Å². The van der Waals surface area contributed by atoms with Gasteiger partial charge in [0.25, 0.3) is 0 Å². The van der Waals surface area contributed by atoms with Crippen LogP contribution in [0.3, 0.4) is 0 Å². The predicted molar refractivity (Wildman–Crippen MR) is 128 cm³/mol. The molecule has 1 aromatic heterocycles. The lowest BCUT2D eigenvalue weighted by Crippen LogP contribution is -2.63. The molecule has 1 aromatic rings. The summed E-state index contributed by atoms with van der Waals surface area (Å²) >= 11 is 0. The standard InChI is InChI=1S/C23H22N2O10.C4H10/c1-8-9(2)25-14(10(3)24-8)16(27)33-15-17(28)34-19-20(15)5-4-11-21(20)6-12-22(30,7-13(26)31-12)23(21,35-19)18(29)32-11;1-4(2)3/h11-12,15,19,30H,4-7H2,1-3H3;4H,1-3H3/t11?,12?,15?,19?,20?,21?,22-,23-;/m1./s1. The molecule has 2 aliphatic carbocycles. The van der Waals surface area contributed by atoms with E-state index in [1.807, 2.05) is 0 Å². The highest BCUT2D eigenvalue weighted by molar-refractivity contribution is 5.94. The van der Waals surface area contributed by atoms with Crippen LogP contribution in [0.2, 0.25) is 0 Å². The number of hydrogen-bond donors (Lipinski definition) is 1. The van der Waals surface area contributed by atoms with Crippen molar-refractivity contribution in [2.24, 2.45) is 16.7 Å². The third-order valence-corrected chi connectivity index (χ3v) is 9.21. The largest absolute Gasteiger partial charge is 0.459 e. The number of ether oxygens (including phenoxy) is 5. The molecule has 1 N–H and O–H groups in total. The van der Waals surface area contributed by atoms with Gasteiger partial charge in [-0.15, -0.1) is 0 Å². The van der Waals surface area contributed by atoms with Crippen LogP contribution >= 0.6 is 0 Å². The number of aromatic nitrogens is 2. The van der Waals surface area contributed by atoms with Gasteiger partial charge in [0.15, 0.2) is 11.3 Å². The molecular formula is C27H32N2O10. The minimum Gasteiger partial charge on any atom is -0.459 e. The maximum atomic E-state index is 13.3. The number of esters is 4. The fourth-order valence-corrected chi connectivity index (χ4v) is 7.83. The molecule has 0 bridgehead atoms. The number of carbonyl (C=O) groups excluding carboxylic acids is 4. The molecule has 6 unspecified atom stereocenters. The normalized spacial score (nSPS) is 42.2. The summed E-state index contributed by atoms with van der Waals surface area (Å²) in [5.74, 6) is -2.33. The summed E-state index contributed by atoms with van der Waals surface area (Å²) in [4.78, 5) is 60.4. The molecule has 4 aliphatic heterocycles. The Morgan fingerprint density at radius 2 is 1.67 bits per heavy atom. The maximum Gasteiger partial charge on any atom is 0.359 e. The summed E-state index contributed by atoms with van der Waals surface area (Å²) < 4.78 is 28.5. The van der Waals surface area contributed by atoms with E-state index in [9.17, 15) is 24.3 Å². The zero-order valence-electron chi connectivity index (χ0n) is 22.7. The van der Waals surface area contributed by atoms with Crippen LogP contribution in [0.15, 0.2) is 0 Å². The first kappa shape index (κ1) is 26.1. The van der Waals surface area contributed by atoms with Crippen LogP contribution in [0.5, 0.6) is 0 Å². The van der Waals surface area contributed by atoms with Gasteiger partial charge in [0, 0.05) is 6.42 Å². The second-order valence-corrected chi connectivity index (χ2v) is 12.1. The van der Waals surface area contributed by atoms with Gasteiger partial charge in [-0.1, -0.05) is 20.8 Å². The van der Waals surface area contributed by atoms with Crippen molar-refractivity contribution in [1.82, 2.24) is 9.97 Å². The highest BCUT2D eigenvalue weighted by Gasteiger charge is 2.99. The SMILES string of the molecule is CC(C)C.Cc1nc(C)c(C(=O)OC2C(=O)OC3O[C@]45C(=O)OC6CCC32C64CC2OC(=O)C[C@@]25O)nc1C. The Morgan fingerprint density at radius 3 is 2.36 bits per heavy atom. The molecule has 8 atom stereocenters. The summed E-state index contributed by atoms with van der Waals surface area (Å²) in [7, 11) is 0. The van der Waals surface area contributed by atoms with E-state index in [-0.39, 0.29) is 18.5 Å². The van der Waals surface area contributed by atoms with Crippen molar-refractivity contribution in [2.45, 2.75) is 103 Å². The van der Waals surface area contributed by atoms with E-state index in [4.69, 9.17) is 23.7 Å². The fraction of sp³-hybridized carbons (Fsp3) is 0.704. The molecule has 0 aromatic carbocycles. The van der Waals surface area contributed by atoms with Gasteiger partial charge < -0.3 is 28.8 Å². The van der Waals surface area contributed by atoms with Gasteiger partial charge in [-0.05, 0) is 39.5 Å². The van der Waals surface area contributed by atoms with Crippen molar-refractivity contribution in [3.8, 4) is 0 Å². The molecule has 39 heavy (non-hydrogen) atoms. The third kappa shape index (κ3) is 2.86. The lowest BCUT2D eigenvalue weighted by atomic mass is 9.57. The molecule has 0 amide bonds. The van der Waals surface area contributed by atoms with Crippen molar-refractivity contribution in [3.63, 3.8) is 0 Å². The van der Waals surface area contributed by atoms with Gasteiger partial charge in [0.05, 0.1) is 34.3 Å². The number of rotatable bonds is 2. The number of nitrogens with zero attached hydrogens (tertiary/aromatic N) is 2. The first-order chi connectivity index (χ1) is 18.2. The zero-order chi connectivity index (χ0) is 28.3. The molecule has 12 nitrogen and oxygen atoms in total. The van der Waals surface area contributed by atoms with Crippen molar-refractivity contribution >= 4 is 23.9 Å². The second kappa shape index (κ2) is 7.97. The van der Waals surface area contributed by atoms with E-state index in [0.717, 1.165) is 5.92 Å². The molecule has 4 saturated heterocycles. The van der Waals surface area contributed by atoms with Crippen molar-refractivity contribution in [3.05, 3.63) is 22.8 Å². The summed E-state index contributed by atoms with van der Waals surface area (Å²) in [5, 5.41) is 11.7. The van der Waals surface area contributed by atoms with Gasteiger partial charge in [0.2, 0.25) is 18.0 Å². The molecule has 5 heterocycles. The van der Waals surface area contributed by atoms with E-state index in [2.05, 4.69) is 30.7 Å². The molecule has 7 rings (SSSR count). The Morgan fingerprint density at radius 1 is 1.00 bits per heavy atom. The lowest BCUT2D eigenvalue weighted by Gasteiger charge is -2.41. The molecule has 6 aliphatic rings. The van der Waals surface area contributed by atoms with Crippen LogP contribution in [0.1, 0.15) is 74.0 Å². The third-order valence-electron chi connectivity index (χ3n) is 9.21. The molecular weight excluding hydrogens is 512 g/mol. The highest BCUT2D eigenvalue weighted by Crippen LogP contribution is 2.82. The van der Waals surface area contributed by atoms with Crippen LogP contribution in [0.4, 0.5) is 0 Å². The summed E-state index contributed by atoms with van der Waals surface area (Å²) in [6, 6.07) is 0. The molecule has 12 heteroatoms. The van der Waals surface area contributed by atoms with E-state index in [0.29, 0.717) is 23.5 Å². The van der Waals surface area contributed by atoms with Crippen molar-refractivity contribution in [1.29, 1.82) is 0 Å². The Bertz CT molecular complexity index is 1330. The monoisotopic (exact) mass is 544 g/mol. The molecule has 6 fully saturated rings. The quantitative estimate of drug-likeness (QED) is 0.421. The molecule has 2 spiro atoms. The van der Waals surface area contributed by atoms with E-state index in [1.54, 1.807) is 20.8 Å². The number of hydrogen-bond acceptors (Lipinski definition) is 12. The Kier molecular flexibility index (Phi) is 5.34.